The van der Waals surface area contributed by atoms with Crippen molar-refractivity contribution in [3.8, 4) is 23.0 Å². The van der Waals surface area contributed by atoms with E-state index in [1.807, 2.05) is 42.5 Å². The minimum atomic E-state index is 0.191. The van der Waals surface area contributed by atoms with Crippen LogP contribution in [-0.4, -0.2) is 66.3 Å². The van der Waals surface area contributed by atoms with Crippen LogP contribution in [0.3, 0.4) is 0 Å². The second-order valence-corrected chi connectivity index (χ2v) is 10.6. The summed E-state index contributed by atoms with van der Waals surface area (Å²) < 4.78 is 24.0. The molecular weight excluding hydrogens is 560 g/mol. The molecule has 0 fully saturated rings. The van der Waals surface area contributed by atoms with E-state index in [9.17, 15) is 5.21 Å². The molecular formula is C33H36N6O5. The molecule has 44 heavy (non-hydrogen) atoms. The van der Waals surface area contributed by atoms with Crippen molar-refractivity contribution in [3.63, 3.8) is 0 Å². The Kier molecular flexibility index (Phi) is 8.38. The lowest BCUT2D eigenvalue weighted by atomic mass is 9.98. The summed E-state index contributed by atoms with van der Waals surface area (Å²) in [6.07, 6.45) is 3.12. The van der Waals surface area contributed by atoms with Crippen LogP contribution in [-0.2, 0) is 25.9 Å². The van der Waals surface area contributed by atoms with E-state index in [1.54, 1.807) is 34.8 Å². The number of nitrogens with zero attached hydrogens (tertiary/aromatic N) is 6. The van der Waals surface area contributed by atoms with Crippen LogP contribution in [0.1, 0.15) is 22.3 Å². The Hall–Kier alpha value is -5.03. The number of rotatable bonds is 11. The van der Waals surface area contributed by atoms with Crippen LogP contribution in [0.25, 0.3) is 11.2 Å². The Bertz CT molecular complexity index is 1760. The highest BCUT2D eigenvalue weighted by atomic mass is 16.5. The van der Waals surface area contributed by atoms with Gasteiger partial charge in [0, 0.05) is 19.6 Å². The third-order valence-electron chi connectivity index (χ3n) is 7.95. The van der Waals surface area contributed by atoms with E-state index in [-0.39, 0.29) is 12.5 Å². The van der Waals surface area contributed by atoms with E-state index in [4.69, 9.17) is 23.9 Å². The number of methoxy groups -OCH3 is 4. The van der Waals surface area contributed by atoms with Crippen molar-refractivity contribution in [1.29, 1.82) is 0 Å². The topological polar surface area (TPSA) is 107 Å². The van der Waals surface area contributed by atoms with Gasteiger partial charge in [-0.15, -0.1) is 0 Å². The van der Waals surface area contributed by atoms with E-state index >= 15 is 0 Å². The number of hydrogen-bond acceptors (Lipinski definition) is 10. The summed E-state index contributed by atoms with van der Waals surface area (Å²) >= 11 is 0. The van der Waals surface area contributed by atoms with Crippen molar-refractivity contribution in [3.05, 3.63) is 89.2 Å². The molecule has 5 aromatic rings. The van der Waals surface area contributed by atoms with Crippen molar-refractivity contribution in [2.24, 2.45) is 0 Å². The fraction of sp³-hybridized carbons (Fsp3) is 0.303. The standard InChI is InChI=1S/C33H36N6O5/c1-41-26-11-10-22(16-27(26)42-2)12-15-39(40)33-35-31-30(38(21-34-31)19-23-8-6-5-7-9-23)32(36-33)37-14-13-24-17-28(43-3)29(44-4)18-25(24)20-37/h5-11,16-18,21,40H,12-15,19-20H2,1-4H3. The molecule has 1 aliphatic rings. The number of hydroxylamine groups is 1. The average Bonchev–Trinajstić information content (AvgIpc) is 3.48. The number of benzene rings is 3. The lowest BCUT2D eigenvalue weighted by Gasteiger charge is -2.31. The Morgan fingerprint density at radius 1 is 0.795 bits per heavy atom. The zero-order valence-electron chi connectivity index (χ0n) is 25.4. The smallest absolute Gasteiger partial charge is 0.253 e. The maximum atomic E-state index is 11.2. The molecule has 3 heterocycles. The summed E-state index contributed by atoms with van der Waals surface area (Å²) in [5.74, 6) is 3.60. The minimum Gasteiger partial charge on any atom is -0.493 e. The van der Waals surface area contributed by atoms with Gasteiger partial charge in [0.1, 0.15) is 5.52 Å². The van der Waals surface area contributed by atoms with E-state index in [1.165, 1.54) is 5.56 Å². The van der Waals surface area contributed by atoms with Crippen LogP contribution in [0.5, 0.6) is 23.0 Å². The van der Waals surface area contributed by atoms with Gasteiger partial charge in [0.2, 0.25) is 0 Å². The molecule has 228 valence electrons. The highest BCUT2D eigenvalue weighted by Gasteiger charge is 2.26. The predicted octanol–water partition coefficient (Wildman–Crippen LogP) is 4.91. The van der Waals surface area contributed by atoms with E-state index in [0.29, 0.717) is 48.2 Å². The molecule has 0 aliphatic carbocycles. The zero-order valence-corrected chi connectivity index (χ0v) is 25.4. The van der Waals surface area contributed by atoms with Gasteiger partial charge < -0.3 is 28.4 Å². The fourth-order valence-corrected chi connectivity index (χ4v) is 5.62. The summed E-state index contributed by atoms with van der Waals surface area (Å²) in [5.41, 5.74) is 5.79. The first-order valence-corrected chi connectivity index (χ1v) is 14.4. The Labute approximate surface area is 256 Å². The number of ether oxygens (including phenoxy) is 4. The van der Waals surface area contributed by atoms with Gasteiger partial charge in [-0.05, 0) is 59.4 Å². The van der Waals surface area contributed by atoms with Crippen LogP contribution in [0.2, 0.25) is 0 Å². The molecule has 11 nitrogen and oxygen atoms in total. The third kappa shape index (κ3) is 5.78. The van der Waals surface area contributed by atoms with E-state index in [2.05, 4.69) is 37.6 Å². The maximum absolute atomic E-state index is 11.2. The molecule has 11 heteroatoms. The van der Waals surface area contributed by atoms with Crippen LogP contribution in [0.15, 0.2) is 67.0 Å². The first-order chi connectivity index (χ1) is 21.5. The Morgan fingerprint density at radius 2 is 1.50 bits per heavy atom. The van der Waals surface area contributed by atoms with Gasteiger partial charge in [-0.2, -0.15) is 9.97 Å². The van der Waals surface area contributed by atoms with Crippen molar-refractivity contribution in [1.82, 2.24) is 19.5 Å². The van der Waals surface area contributed by atoms with Crippen LogP contribution < -0.4 is 28.9 Å². The highest BCUT2D eigenvalue weighted by molar-refractivity contribution is 5.85. The van der Waals surface area contributed by atoms with Gasteiger partial charge in [-0.25, -0.2) is 10.0 Å². The molecule has 0 saturated carbocycles. The summed E-state index contributed by atoms with van der Waals surface area (Å²) in [5, 5.41) is 12.3. The zero-order chi connectivity index (χ0) is 30.6. The monoisotopic (exact) mass is 596 g/mol. The molecule has 1 aliphatic heterocycles. The third-order valence-corrected chi connectivity index (χ3v) is 7.95. The SMILES string of the molecule is COc1ccc(CCN(O)c2nc(N3CCc4cc(OC)c(OC)cc4C3)c3c(ncn3Cc3ccccc3)n2)cc1OC. The number of anilines is 2. The van der Waals surface area contributed by atoms with Gasteiger partial charge in [-0.1, -0.05) is 36.4 Å². The summed E-state index contributed by atoms with van der Waals surface area (Å²) in [6.45, 7) is 2.21. The van der Waals surface area contributed by atoms with Crippen molar-refractivity contribution in [2.75, 3.05) is 51.5 Å². The fourth-order valence-electron chi connectivity index (χ4n) is 5.62. The maximum Gasteiger partial charge on any atom is 0.253 e. The molecule has 0 saturated heterocycles. The minimum absolute atomic E-state index is 0.191. The Morgan fingerprint density at radius 3 is 2.23 bits per heavy atom. The average molecular weight is 597 g/mol. The van der Waals surface area contributed by atoms with Crippen molar-refractivity contribution < 1.29 is 24.2 Å². The first kappa shape index (κ1) is 29.1. The lowest BCUT2D eigenvalue weighted by molar-refractivity contribution is 0.248. The molecule has 0 amide bonds. The molecule has 6 rings (SSSR count). The van der Waals surface area contributed by atoms with Crippen LogP contribution >= 0.6 is 0 Å². The van der Waals surface area contributed by atoms with Crippen LogP contribution in [0, 0.1) is 0 Å². The number of fused-ring (bicyclic) bond motifs is 2. The normalized spacial score (nSPS) is 12.6. The molecule has 0 radical (unpaired) electrons. The lowest BCUT2D eigenvalue weighted by Crippen LogP contribution is -2.32. The van der Waals surface area contributed by atoms with Crippen molar-refractivity contribution >= 4 is 22.9 Å². The molecule has 3 aromatic carbocycles. The number of hydrogen-bond donors (Lipinski definition) is 1. The van der Waals surface area contributed by atoms with Crippen molar-refractivity contribution in [2.45, 2.75) is 25.9 Å². The van der Waals surface area contributed by atoms with Gasteiger partial charge >= 0.3 is 0 Å². The summed E-state index contributed by atoms with van der Waals surface area (Å²) in [6, 6.07) is 20.0. The summed E-state index contributed by atoms with van der Waals surface area (Å²) in [4.78, 5) is 16.5. The molecule has 1 N–H and O–H groups in total. The van der Waals surface area contributed by atoms with Gasteiger partial charge in [0.15, 0.2) is 34.5 Å². The van der Waals surface area contributed by atoms with Gasteiger partial charge in [0.25, 0.3) is 5.95 Å². The summed E-state index contributed by atoms with van der Waals surface area (Å²) in [7, 11) is 6.50. The largest absolute Gasteiger partial charge is 0.493 e. The molecule has 0 bridgehead atoms. The van der Waals surface area contributed by atoms with E-state index in [0.717, 1.165) is 46.0 Å². The quantitative estimate of drug-likeness (QED) is 0.211. The first-order valence-electron chi connectivity index (χ1n) is 14.4. The second kappa shape index (κ2) is 12.7. The molecule has 0 spiro atoms. The molecule has 2 aromatic heterocycles. The predicted molar refractivity (Wildman–Crippen MR) is 168 cm³/mol. The van der Waals surface area contributed by atoms with Gasteiger partial charge in [0.05, 0.1) is 41.3 Å². The molecule has 0 atom stereocenters. The Balaban J connectivity index is 1.34. The molecule has 0 unspecified atom stereocenters. The number of aromatic nitrogens is 4. The highest BCUT2D eigenvalue weighted by Crippen LogP contribution is 2.36. The second-order valence-electron chi connectivity index (χ2n) is 10.6. The van der Waals surface area contributed by atoms with Gasteiger partial charge in [-0.3, -0.25) is 5.21 Å². The number of imidazole rings is 1. The van der Waals surface area contributed by atoms with Crippen LogP contribution in [0.4, 0.5) is 11.8 Å². The van der Waals surface area contributed by atoms with E-state index < -0.39 is 0 Å².